The maximum atomic E-state index is 11.8. The Bertz CT molecular complexity index is 703. The number of nitrogens with one attached hydrogen (secondary N) is 1. The van der Waals surface area contributed by atoms with Gasteiger partial charge in [0.05, 0.1) is 4.92 Å². The van der Waals surface area contributed by atoms with Crippen LogP contribution in [0.3, 0.4) is 0 Å². The second-order valence-electron chi connectivity index (χ2n) is 6.75. The van der Waals surface area contributed by atoms with Gasteiger partial charge in [0.1, 0.15) is 10.6 Å². The highest BCUT2D eigenvalue weighted by Crippen LogP contribution is 2.32. The van der Waals surface area contributed by atoms with E-state index in [1.807, 2.05) is 0 Å². The summed E-state index contributed by atoms with van der Waals surface area (Å²) in [7, 11) is -3.66. The number of benzene rings is 1. The lowest BCUT2D eigenvalue weighted by Crippen LogP contribution is -2.37. The number of hydrogen-bond donors (Lipinski definition) is 1. The van der Waals surface area contributed by atoms with Gasteiger partial charge in [0.2, 0.25) is 0 Å². The number of nitro groups is 1. The van der Waals surface area contributed by atoms with E-state index in [1.165, 1.54) is 12.1 Å². The minimum absolute atomic E-state index is 0.247. The van der Waals surface area contributed by atoms with Crippen molar-refractivity contribution in [2.45, 2.75) is 37.6 Å². The third-order valence-corrected chi connectivity index (χ3v) is 5.34. The number of para-hydroxylation sites is 1. The van der Waals surface area contributed by atoms with Crippen molar-refractivity contribution in [1.29, 1.82) is 0 Å². The highest BCUT2D eigenvalue weighted by Gasteiger charge is 2.28. The van der Waals surface area contributed by atoms with Crippen molar-refractivity contribution in [2.75, 3.05) is 31.2 Å². The molecule has 1 aromatic rings. The second-order valence-corrected chi connectivity index (χ2v) is 8.73. The number of hydrogen-bond acceptors (Lipinski definition) is 6. The molecule has 0 radical (unpaired) electrons. The predicted molar refractivity (Wildman–Crippen MR) is 94.1 cm³/mol. The highest BCUT2D eigenvalue weighted by atomic mass is 32.2. The molecule has 7 nitrogen and oxygen atoms in total. The lowest BCUT2D eigenvalue weighted by molar-refractivity contribution is -0.386. The van der Waals surface area contributed by atoms with Crippen LogP contribution in [0, 0.1) is 16.0 Å². The molecular formula is C16H25N3O4S. The molecule has 0 saturated carbocycles. The first-order chi connectivity index (χ1) is 11.2. The van der Waals surface area contributed by atoms with Crippen molar-refractivity contribution in [1.82, 2.24) is 4.90 Å². The summed E-state index contributed by atoms with van der Waals surface area (Å²) in [6.07, 6.45) is 3.14. The quantitative estimate of drug-likeness (QED) is 0.597. The molecule has 1 saturated heterocycles. The van der Waals surface area contributed by atoms with E-state index in [2.05, 4.69) is 24.1 Å². The highest BCUT2D eigenvalue weighted by molar-refractivity contribution is 7.90. The standard InChI is InChI=1S/C16H25N3O4S/c1-12(2)11-18-9-5-6-13(18)10-17-14-7-4-8-15(24(3,22)23)16(14)19(20)21/h4,7-8,12-13,17H,5-6,9-11H2,1-3H3/t13-/m1/s1. The first kappa shape index (κ1) is 18.7. The molecule has 0 aromatic heterocycles. The van der Waals surface area contributed by atoms with Gasteiger partial charge in [-0.05, 0) is 37.4 Å². The van der Waals surface area contributed by atoms with Crippen LogP contribution in [0.4, 0.5) is 11.4 Å². The third kappa shape index (κ3) is 4.45. The van der Waals surface area contributed by atoms with Crippen LogP contribution in [0.5, 0.6) is 0 Å². The number of sulfone groups is 1. The fourth-order valence-electron chi connectivity index (χ4n) is 3.22. The minimum atomic E-state index is -3.66. The minimum Gasteiger partial charge on any atom is -0.378 e. The molecule has 1 atom stereocenters. The Morgan fingerprint density at radius 3 is 2.71 bits per heavy atom. The Labute approximate surface area is 143 Å². The fourth-order valence-corrected chi connectivity index (χ4v) is 4.08. The van der Waals surface area contributed by atoms with Crippen LogP contribution in [-0.4, -0.2) is 50.2 Å². The number of nitro benzene ring substituents is 1. The van der Waals surface area contributed by atoms with Crippen molar-refractivity contribution >= 4 is 21.2 Å². The van der Waals surface area contributed by atoms with Gasteiger partial charge in [0, 0.05) is 25.4 Å². The number of rotatable bonds is 7. The van der Waals surface area contributed by atoms with Gasteiger partial charge < -0.3 is 5.32 Å². The predicted octanol–water partition coefficient (Wildman–Crippen LogP) is 2.53. The molecule has 24 heavy (non-hydrogen) atoms. The SMILES string of the molecule is CC(C)CN1CCC[C@@H]1CNc1cccc(S(C)(=O)=O)c1[N+](=O)[O-]. The zero-order valence-corrected chi connectivity index (χ0v) is 15.2. The van der Waals surface area contributed by atoms with Crippen LogP contribution < -0.4 is 5.32 Å². The third-order valence-electron chi connectivity index (χ3n) is 4.21. The van der Waals surface area contributed by atoms with E-state index in [4.69, 9.17) is 0 Å². The fraction of sp³-hybridized carbons (Fsp3) is 0.625. The lowest BCUT2D eigenvalue weighted by Gasteiger charge is -2.26. The normalized spacial score (nSPS) is 18.9. The Morgan fingerprint density at radius 1 is 1.42 bits per heavy atom. The molecule has 0 spiro atoms. The van der Waals surface area contributed by atoms with Gasteiger partial charge in [0.25, 0.3) is 0 Å². The van der Waals surface area contributed by atoms with E-state index < -0.39 is 14.8 Å². The van der Waals surface area contributed by atoms with Crippen molar-refractivity contribution < 1.29 is 13.3 Å². The van der Waals surface area contributed by atoms with E-state index in [9.17, 15) is 18.5 Å². The molecule has 8 heteroatoms. The molecule has 1 N–H and O–H groups in total. The molecule has 0 aliphatic carbocycles. The average Bonchev–Trinajstić information content (AvgIpc) is 2.90. The Balaban J connectivity index is 2.20. The van der Waals surface area contributed by atoms with Crippen LogP contribution >= 0.6 is 0 Å². The van der Waals surface area contributed by atoms with E-state index in [-0.39, 0.29) is 16.3 Å². The van der Waals surface area contributed by atoms with Gasteiger partial charge in [0.15, 0.2) is 9.84 Å². The maximum absolute atomic E-state index is 11.8. The summed E-state index contributed by atoms with van der Waals surface area (Å²) >= 11 is 0. The topological polar surface area (TPSA) is 92.6 Å². The van der Waals surface area contributed by atoms with Crippen LogP contribution in [0.1, 0.15) is 26.7 Å². The Hall–Kier alpha value is -1.67. The van der Waals surface area contributed by atoms with Gasteiger partial charge in [-0.25, -0.2) is 8.42 Å². The van der Waals surface area contributed by atoms with E-state index >= 15 is 0 Å². The summed E-state index contributed by atoms with van der Waals surface area (Å²) in [5, 5.41) is 14.5. The largest absolute Gasteiger partial charge is 0.378 e. The zero-order chi connectivity index (χ0) is 17.9. The van der Waals surface area contributed by atoms with Crippen molar-refractivity contribution in [3.63, 3.8) is 0 Å². The Kier molecular flexibility index (Phi) is 5.82. The molecule has 0 unspecified atom stereocenters. The van der Waals surface area contributed by atoms with Gasteiger partial charge >= 0.3 is 5.69 Å². The Morgan fingerprint density at radius 2 is 2.12 bits per heavy atom. The van der Waals surface area contributed by atoms with Crippen molar-refractivity contribution in [2.24, 2.45) is 5.92 Å². The summed E-state index contributed by atoms with van der Waals surface area (Å²) < 4.78 is 23.6. The number of nitrogens with zero attached hydrogens (tertiary/aromatic N) is 2. The summed E-state index contributed by atoms with van der Waals surface area (Å²) in [5.41, 5.74) is -0.104. The molecule has 2 rings (SSSR count). The summed E-state index contributed by atoms with van der Waals surface area (Å²) in [6.45, 7) is 6.95. The summed E-state index contributed by atoms with van der Waals surface area (Å²) in [4.78, 5) is 12.9. The first-order valence-corrected chi connectivity index (χ1v) is 10.0. The zero-order valence-electron chi connectivity index (χ0n) is 14.4. The second kappa shape index (κ2) is 7.48. The van der Waals surface area contributed by atoms with E-state index in [1.54, 1.807) is 6.07 Å². The van der Waals surface area contributed by atoms with Gasteiger partial charge in [-0.2, -0.15) is 0 Å². The van der Waals surface area contributed by atoms with E-state index in [0.717, 1.165) is 32.2 Å². The number of anilines is 1. The number of likely N-dealkylation sites (tertiary alicyclic amines) is 1. The lowest BCUT2D eigenvalue weighted by atomic mass is 10.1. The molecule has 1 fully saturated rings. The van der Waals surface area contributed by atoms with Crippen LogP contribution in [-0.2, 0) is 9.84 Å². The molecular weight excluding hydrogens is 330 g/mol. The smallest absolute Gasteiger partial charge is 0.310 e. The van der Waals surface area contributed by atoms with E-state index in [0.29, 0.717) is 18.5 Å². The first-order valence-electron chi connectivity index (χ1n) is 8.15. The summed E-state index contributed by atoms with van der Waals surface area (Å²) in [5.74, 6) is 0.563. The van der Waals surface area contributed by atoms with Crippen LogP contribution in [0.25, 0.3) is 0 Å². The molecule has 1 aromatic carbocycles. The van der Waals surface area contributed by atoms with Gasteiger partial charge in [-0.3, -0.25) is 15.0 Å². The molecule has 1 heterocycles. The van der Waals surface area contributed by atoms with Gasteiger partial charge in [-0.15, -0.1) is 0 Å². The molecule has 1 aliphatic heterocycles. The molecule has 134 valence electrons. The maximum Gasteiger partial charge on any atom is 0.310 e. The molecule has 0 amide bonds. The van der Waals surface area contributed by atoms with Crippen molar-refractivity contribution in [3.05, 3.63) is 28.3 Å². The average molecular weight is 355 g/mol. The molecule has 1 aliphatic rings. The monoisotopic (exact) mass is 355 g/mol. The van der Waals surface area contributed by atoms with Crippen molar-refractivity contribution in [3.8, 4) is 0 Å². The molecule has 0 bridgehead atoms. The van der Waals surface area contributed by atoms with Gasteiger partial charge in [-0.1, -0.05) is 19.9 Å². The summed E-state index contributed by atoms with van der Waals surface area (Å²) in [6, 6.07) is 4.69. The van der Waals surface area contributed by atoms with Crippen LogP contribution in [0.2, 0.25) is 0 Å². The van der Waals surface area contributed by atoms with Crippen LogP contribution in [0.15, 0.2) is 23.1 Å².